The number of carbonyl (C=O) groups excluding carboxylic acids is 2. The first-order chi connectivity index (χ1) is 13.3. The molecule has 0 aromatic carbocycles. The molecule has 2 aliphatic rings. The van der Waals surface area contributed by atoms with Gasteiger partial charge in [-0.2, -0.15) is 0 Å². The first-order valence-corrected chi connectivity index (χ1v) is 10.4. The molecule has 1 aromatic rings. The van der Waals surface area contributed by atoms with Crippen LogP contribution in [0.25, 0.3) is 0 Å². The number of rotatable bonds is 9. The number of anilines is 1. The van der Waals surface area contributed by atoms with E-state index in [1.54, 1.807) is 12.3 Å². The second-order valence-corrected chi connectivity index (χ2v) is 8.03. The summed E-state index contributed by atoms with van der Waals surface area (Å²) in [5.41, 5.74) is 6.15. The van der Waals surface area contributed by atoms with Crippen LogP contribution in [0.5, 0.6) is 5.75 Å². The lowest BCUT2D eigenvalue weighted by Crippen LogP contribution is -2.57. The standard InChI is InChI=1S/C18H24F2N4O3S/c1-28-14(25)5-4-13(21)23-17(26)15-16(24-9-18(19,20)10-24)12(6-7-22-15)27-8-11-2-3-11/h6-7,11,13H,2-5,8-10,21H2,1H3,(H,23,26)/t13-/m0/s1. The number of nitrogens with one attached hydrogen (secondary N) is 1. The number of nitrogens with two attached hydrogens (primary N) is 1. The van der Waals surface area contributed by atoms with E-state index in [2.05, 4.69) is 10.3 Å². The van der Waals surface area contributed by atoms with Crippen molar-refractivity contribution < 1.29 is 23.1 Å². The molecule has 1 aliphatic carbocycles. The quantitative estimate of drug-likeness (QED) is 0.597. The molecular weight excluding hydrogens is 390 g/mol. The molecule has 0 radical (unpaired) electrons. The van der Waals surface area contributed by atoms with Gasteiger partial charge in [0.25, 0.3) is 11.8 Å². The van der Waals surface area contributed by atoms with Crippen molar-refractivity contribution in [1.29, 1.82) is 0 Å². The fourth-order valence-corrected chi connectivity index (χ4v) is 3.19. The lowest BCUT2D eigenvalue weighted by atomic mass is 10.1. The van der Waals surface area contributed by atoms with Crippen LogP contribution in [0.1, 0.15) is 36.2 Å². The first-order valence-electron chi connectivity index (χ1n) is 9.17. The van der Waals surface area contributed by atoms with Gasteiger partial charge in [0, 0.05) is 18.7 Å². The average molecular weight is 414 g/mol. The number of amides is 1. The summed E-state index contributed by atoms with van der Waals surface area (Å²) in [5, 5.41) is 2.56. The Kier molecular flexibility index (Phi) is 6.39. The Labute approximate surface area is 166 Å². The summed E-state index contributed by atoms with van der Waals surface area (Å²) >= 11 is 1.10. The maximum absolute atomic E-state index is 13.4. The van der Waals surface area contributed by atoms with E-state index in [4.69, 9.17) is 10.5 Å². The monoisotopic (exact) mass is 414 g/mol. The molecule has 3 N–H and O–H groups in total. The molecule has 0 spiro atoms. The van der Waals surface area contributed by atoms with Gasteiger partial charge in [-0.25, -0.2) is 13.8 Å². The van der Waals surface area contributed by atoms with Crippen molar-refractivity contribution in [2.75, 3.05) is 30.9 Å². The summed E-state index contributed by atoms with van der Waals surface area (Å²) in [5.74, 6) is -2.54. The molecular formula is C18H24F2N4O3S. The highest BCUT2D eigenvalue weighted by atomic mass is 32.2. The van der Waals surface area contributed by atoms with Crippen molar-refractivity contribution in [2.45, 2.75) is 37.8 Å². The number of halogens is 2. The predicted molar refractivity (Wildman–Crippen MR) is 103 cm³/mol. The van der Waals surface area contributed by atoms with Crippen LogP contribution in [-0.2, 0) is 4.79 Å². The minimum atomic E-state index is -2.80. The van der Waals surface area contributed by atoms with E-state index in [1.807, 2.05) is 0 Å². The molecule has 7 nitrogen and oxygen atoms in total. The van der Waals surface area contributed by atoms with Gasteiger partial charge in [-0.3, -0.25) is 9.59 Å². The fourth-order valence-electron chi connectivity index (χ4n) is 2.87. The van der Waals surface area contributed by atoms with Crippen LogP contribution in [0.2, 0.25) is 0 Å². The van der Waals surface area contributed by atoms with Crippen LogP contribution in [0.15, 0.2) is 12.3 Å². The van der Waals surface area contributed by atoms with Gasteiger partial charge in [0.2, 0.25) is 0 Å². The molecule has 2 fully saturated rings. The lowest BCUT2D eigenvalue weighted by Gasteiger charge is -2.41. The highest BCUT2D eigenvalue weighted by Crippen LogP contribution is 2.40. The molecule has 1 aliphatic heterocycles. The molecule has 1 amide bonds. The smallest absolute Gasteiger partial charge is 0.282 e. The molecule has 10 heteroatoms. The molecule has 1 saturated heterocycles. The van der Waals surface area contributed by atoms with E-state index in [-0.39, 0.29) is 29.3 Å². The lowest BCUT2D eigenvalue weighted by molar-refractivity contribution is -0.111. The summed E-state index contributed by atoms with van der Waals surface area (Å²) in [6.07, 6.45) is 5.02. The molecule has 3 rings (SSSR count). The van der Waals surface area contributed by atoms with Gasteiger partial charge in [0.1, 0.15) is 11.4 Å². The van der Waals surface area contributed by atoms with Crippen LogP contribution in [0, 0.1) is 5.92 Å². The van der Waals surface area contributed by atoms with Gasteiger partial charge in [-0.1, -0.05) is 11.8 Å². The number of alkyl halides is 2. The van der Waals surface area contributed by atoms with Crippen LogP contribution in [0.4, 0.5) is 14.5 Å². The summed E-state index contributed by atoms with van der Waals surface area (Å²) in [7, 11) is 0. The Morgan fingerprint density at radius 2 is 2.18 bits per heavy atom. The Balaban J connectivity index is 1.73. The summed E-state index contributed by atoms with van der Waals surface area (Å²) in [6, 6.07) is 1.59. The van der Waals surface area contributed by atoms with Crippen molar-refractivity contribution in [3.63, 3.8) is 0 Å². The Morgan fingerprint density at radius 1 is 1.46 bits per heavy atom. The number of hydrogen-bond donors (Lipinski definition) is 2. The molecule has 154 valence electrons. The second-order valence-electron chi connectivity index (χ2n) is 7.17. The third-order valence-corrected chi connectivity index (χ3v) is 5.30. The van der Waals surface area contributed by atoms with Gasteiger partial charge in [-0.05, 0) is 31.4 Å². The number of ether oxygens (including phenoxy) is 1. The van der Waals surface area contributed by atoms with E-state index in [0.717, 1.165) is 24.6 Å². The number of nitrogens with zero attached hydrogens (tertiary/aromatic N) is 2. The van der Waals surface area contributed by atoms with Gasteiger partial charge in [0.05, 0.1) is 25.9 Å². The Bertz CT molecular complexity index is 738. The third kappa shape index (κ3) is 5.32. The fraction of sp³-hybridized carbons (Fsp3) is 0.611. The number of hydrogen-bond acceptors (Lipinski definition) is 7. The van der Waals surface area contributed by atoms with Gasteiger partial charge in [-0.15, -0.1) is 0 Å². The minimum Gasteiger partial charge on any atom is -0.491 e. The zero-order chi connectivity index (χ0) is 20.3. The number of aromatic nitrogens is 1. The van der Waals surface area contributed by atoms with E-state index >= 15 is 0 Å². The van der Waals surface area contributed by atoms with E-state index in [0.29, 0.717) is 18.3 Å². The third-order valence-electron chi connectivity index (χ3n) is 4.64. The molecule has 0 bridgehead atoms. The average Bonchev–Trinajstić information content (AvgIpc) is 3.46. The van der Waals surface area contributed by atoms with Crippen LogP contribution in [0.3, 0.4) is 0 Å². The number of pyridine rings is 1. The van der Waals surface area contributed by atoms with Gasteiger partial charge < -0.3 is 20.7 Å². The Morgan fingerprint density at radius 3 is 2.79 bits per heavy atom. The van der Waals surface area contributed by atoms with E-state index in [9.17, 15) is 18.4 Å². The van der Waals surface area contributed by atoms with Crippen LogP contribution in [-0.4, -0.2) is 54.0 Å². The van der Waals surface area contributed by atoms with Crippen molar-refractivity contribution in [3.8, 4) is 5.75 Å². The van der Waals surface area contributed by atoms with E-state index in [1.165, 1.54) is 11.1 Å². The minimum absolute atomic E-state index is 0.00422. The number of thioether (sulfide) groups is 1. The van der Waals surface area contributed by atoms with Gasteiger partial charge in [0.15, 0.2) is 10.8 Å². The highest BCUT2D eigenvalue weighted by molar-refractivity contribution is 8.13. The van der Waals surface area contributed by atoms with E-state index < -0.39 is 31.1 Å². The number of carbonyl (C=O) groups is 2. The highest BCUT2D eigenvalue weighted by Gasteiger charge is 2.46. The van der Waals surface area contributed by atoms with Crippen LogP contribution >= 0.6 is 11.8 Å². The SMILES string of the molecule is CSC(=O)CC[C@@H](N)NC(=O)c1nccc(OCC2CC2)c1N1CC(F)(F)C1. The summed E-state index contributed by atoms with van der Waals surface area (Å²) < 4.78 is 32.6. The molecule has 28 heavy (non-hydrogen) atoms. The van der Waals surface area contributed by atoms with Gasteiger partial charge >= 0.3 is 0 Å². The van der Waals surface area contributed by atoms with Crippen molar-refractivity contribution in [1.82, 2.24) is 10.3 Å². The van der Waals surface area contributed by atoms with Crippen LogP contribution < -0.4 is 20.7 Å². The predicted octanol–water partition coefficient (Wildman–Crippen LogP) is 2.01. The zero-order valence-electron chi connectivity index (χ0n) is 15.6. The topological polar surface area (TPSA) is 97.5 Å². The second kappa shape index (κ2) is 8.60. The summed E-state index contributed by atoms with van der Waals surface area (Å²) in [6.45, 7) is -0.501. The molecule has 0 unspecified atom stereocenters. The normalized spacial score (nSPS) is 18.9. The largest absolute Gasteiger partial charge is 0.491 e. The van der Waals surface area contributed by atoms with Crippen molar-refractivity contribution in [2.24, 2.45) is 11.7 Å². The summed E-state index contributed by atoms with van der Waals surface area (Å²) in [4.78, 5) is 29.6. The maximum Gasteiger partial charge on any atom is 0.282 e. The molecule has 1 saturated carbocycles. The first kappa shape index (κ1) is 20.8. The zero-order valence-corrected chi connectivity index (χ0v) is 16.4. The van der Waals surface area contributed by atoms with Crippen molar-refractivity contribution in [3.05, 3.63) is 18.0 Å². The maximum atomic E-state index is 13.4. The molecule has 1 atom stereocenters. The molecule has 1 aromatic heterocycles. The Hall–Kier alpha value is -1.94. The van der Waals surface area contributed by atoms with Crippen molar-refractivity contribution >= 4 is 28.5 Å². The molecule has 2 heterocycles.